The molecule has 2 rings (SSSR count). The van der Waals surface area contributed by atoms with Crippen LogP contribution in [0.15, 0.2) is 22.7 Å². The van der Waals surface area contributed by atoms with Gasteiger partial charge in [-0.1, -0.05) is 22.9 Å². The van der Waals surface area contributed by atoms with Crippen LogP contribution in [0.4, 0.5) is 5.69 Å². The van der Waals surface area contributed by atoms with Gasteiger partial charge in [0.1, 0.15) is 0 Å². The zero-order chi connectivity index (χ0) is 13.3. The number of likely N-dealkylation sites (N-methyl/N-ethyl adjacent to an activating group) is 1. The molecule has 100 valence electrons. The highest BCUT2D eigenvalue weighted by atomic mass is 79.9. The Bertz CT molecular complexity index is 420. The highest BCUT2D eigenvalue weighted by molar-refractivity contribution is 9.10. The summed E-state index contributed by atoms with van der Waals surface area (Å²) in [5, 5.41) is 0. The van der Waals surface area contributed by atoms with Crippen LogP contribution in [0.25, 0.3) is 0 Å². The molecule has 4 heteroatoms. The van der Waals surface area contributed by atoms with Crippen molar-refractivity contribution in [3.63, 3.8) is 0 Å². The summed E-state index contributed by atoms with van der Waals surface area (Å²) in [7, 11) is 4.33. The van der Waals surface area contributed by atoms with Crippen LogP contribution >= 0.6 is 15.9 Å². The summed E-state index contributed by atoms with van der Waals surface area (Å²) in [6.45, 7) is 5.11. The molecule has 0 aliphatic carbocycles. The first-order valence-electron chi connectivity index (χ1n) is 6.42. The van der Waals surface area contributed by atoms with E-state index >= 15 is 0 Å². The largest absolute Gasteiger partial charge is 0.369 e. The van der Waals surface area contributed by atoms with Gasteiger partial charge in [0.15, 0.2) is 0 Å². The second-order valence-corrected chi connectivity index (χ2v) is 6.31. The van der Waals surface area contributed by atoms with Crippen molar-refractivity contribution in [2.45, 2.75) is 19.5 Å². The lowest BCUT2D eigenvalue weighted by atomic mass is 10.1. The number of nitrogens with zero attached hydrogens (tertiary/aromatic N) is 2. The van der Waals surface area contributed by atoms with Gasteiger partial charge in [0, 0.05) is 35.8 Å². The summed E-state index contributed by atoms with van der Waals surface area (Å²) in [5.41, 5.74) is 8.37. The minimum atomic E-state index is 0.590. The Morgan fingerprint density at radius 2 is 2.11 bits per heavy atom. The van der Waals surface area contributed by atoms with E-state index in [4.69, 9.17) is 5.73 Å². The molecule has 2 atom stereocenters. The van der Waals surface area contributed by atoms with E-state index in [9.17, 15) is 0 Å². The number of rotatable bonds is 3. The third kappa shape index (κ3) is 2.71. The zero-order valence-electron chi connectivity index (χ0n) is 11.4. The third-order valence-electron chi connectivity index (χ3n) is 3.84. The Labute approximate surface area is 118 Å². The molecule has 0 bridgehead atoms. The number of hydrogen-bond donors (Lipinski definition) is 1. The Morgan fingerprint density at radius 1 is 1.39 bits per heavy atom. The molecule has 1 saturated heterocycles. The van der Waals surface area contributed by atoms with Crippen LogP contribution in [0, 0.1) is 5.92 Å². The SMILES string of the molecule is CC1CN(c2ccc(Br)cc2CN)CC1N(C)C. The van der Waals surface area contributed by atoms with Crippen molar-refractivity contribution < 1.29 is 0 Å². The zero-order valence-corrected chi connectivity index (χ0v) is 12.9. The standard InChI is InChI=1S/C14H22BrN3/c1-10-8-18(9-14(10)17(2)3)13-5-4-12(15)6-11(13)7-16/h4-6,10,14H,7-9,16H2,1-3H3. The molecule has 2 N–H and O–H groups in total. The molecule has 0 aromatic heterocycles. The number of anilines is 1. The molecule has 2 unspecified atom stereocenters. The molecular formula is C14H22BrN3. The molecule has 3 nitrogen and oxygen atoms in total. The fraction of sp³-hybridized carbons (Fsp3) is 0.571. The molecule has 0 radical (unpaired) electrons. The normalized spacial score (nSPS) is 24.0. The fourth-order valence-corrected chi connectivity index (χ4v) is 3.25. The number of benzene rings is 1. The Hall–Kier alpha value is -0.580. The van der Waals surface area contributed by atoms with Gasteiger partial charge in [0.25, 0.3) is 0 Å². The van der Waals surface area contributed by atoms with E-state index < -0.39 is 0 Å². The average Bonchev–Trinajstić information content (AvgIpc) is 2.71. The van der Waals surface area contributed by atoms with Crippen LogP contribution in [0.3, 0.4) is 0 Å². The monoisotopic (exact) mass is 311 g/mol. The lowest BCUT2D eigenvalue weighted by molar-refractivity contribution is 0.266. The fourth-order valence-electron chi connectivity index (χ4n) is 2.84. The molecule has 1 aliphatic heterocycles. The average molecular weight is 312 g/mol. The molecule has 1 fully saturated rings. The molecule has 0 amide bonds. The Kier molecular flexibility index (Phi) is 4.30. The minimum absolute atomic E-state index is 0.590. The van der Waals surface area contributed by atoms with Crippen LogP contribution in [0.2, 0.25) is 0 Å². The van der Waals surface area contributed by atoms with Crippen LogP contribution in [-0.4, -0.2) is 38.1 Å². The Balaban J connectivity index is 2.23. The first kappa shape index (κ1) is 13.8. The lowest BCUT2D eigenvalue weighted by Gasteiger charge is -2.24. The summed E-state index contributed by atoms with van der Waals surface area (Å²) in [6.07, 6.45) is 0. The molecule has 0 spiro atoms. The maximum atomic E-state index is 5.86. The van der Waals surface area contributed by atoms with E-state index in [1.165, 1.54) is 11.3 Å². The lowest BCUT2D eigenvalue weighted by Crippen LogP contribution is -2.34. The van der Waals surface area contributed by atoms with E-state index in [2.05, 4.69) is 64.9 Å². The van der Waals surface area contributed by atoms with Gasteiger partial charge in [-0.05, 0) is 43.8 Å². The van der Waals surface area contributed by atoms with Crippen LogP contribution in [-0.2, 0) is 6.54 Å². The maximum Gasteiger partial charge on any atom is 0.0413 e. The third-order valence-corrected chi connectivity index (χ3v) is 4.33. The van der Waals surface area contributed by atoms with Crippen molar-refractivity contribution in [2.24, 2.45) is 11.7 Å². The van der Waals surface area contributed by atoms with E-state index in [1.54, 1.807) is 0 Å². The van der Waals surface area contributed by atoms with Crippen LogP contribution in [0.5, 0.6) is 0 Å². The van der Waals surface area contributed by atoms with Crippen molar-refractivity contribution in [1.82, 2.24) is 4.90 Å². The molecule has 1 aromatic rings. The van der Waals surface area contributed by atoms with E-state index in [0.29, 0.717) is 18.5 Å². The van der Waals surface area contributed by atoms with E-state index in [0.717, 1.165) is 17.6 Å². The van der Waals surface area contributed by atoms with Crippen molar-refractivity contribution in [3.8, 4) is 0 Å². The summed E-state index contributed by atoms with van der Waals surface area (Å²) in [5.74, 6) is 0.689. The van der Waals surface area contributed by atoms with Crippen molar-refractivity contribution >= 4 is 21.6 Å². The van der Waals surface area contributed by atoms with Gasteiger partial charge in [0.05, 0.1) is 0 Å². The van der Waals surface area contributed by atoms with Crippen molar-refractivity contribution in [2.75, 3.05) is 32.1 Å². The van der Waals surface area contributed by atoms with Crippen molar-refractivity contribution in [1.29, 1.82) is 0 Å². The molecule has 18 heavy (non-hydrogen) atoms. The van der Waals surface area contributed by atoms with Gasteiger partial charge in [-0.15, -0.1) is 0 Å². The molecular weight excluding hydrogens is 290 g/mol. The first-order chi connectivity index (χ1) is 8.52. The molecule has 1 aliphatic rings. The van der Waals surface area contributed by atoms with Crippen LogP contribution in [0.1, 0.15) is 12.5 Å². The van der Waals surface area contributed by atoms with E-state index in [-0.39, 0.29) is 0 Å². The van der Waals surface area contributed by atoms with Gasteiger partial charge >= 0.3 is 0 Å². The smallest absolute Gasteiger partial charge is 0.0413 e. The minimum Gasteiger partial charge on any atom is -0.369 e. The van der Waals surface area contributed by atoms with Gasteiger partial charge in [-0.25, -0.2) is 0 Å². The van der Waals surface area contributed by atoms with Gasteiger partial charge in [-0.3, -0.25) is 0 Å². The summed E-state index contributed by atoms with van der Waals surface area (Å²) < 4.78 is 1.10. The van der Waals surface area contributed by atoms with Gasteiger partial charge in [-0.2, -0.15) is 0 Å². The van der Waals surface area contributed by atoms with Gasteiger partial charge in [0.2, 0.25) is 0 Å². The molecule has 1 heterocycles. The number of nitrogens with two attached hydrogens (primary N) is 1. The summed E-state index contributed by atoms with van der Waals surface area (Å²) >= 11 is 3.51. The van der Waals surface area contributed by atoms with Gasteiger partial charge < -0.3 is 15.5 Å². The highest BCUT2D eigenvalue weighted by Crippen LogP contribution is 2.30. The molecule has 0 saturated carbocycles. The molecule has 1 aromatic carbocycles. The Morgan fingerprint density at radius 3 is 2.67 bits per heavy atom. The second-order valence-electron chi connectivity index (χ2n) is 5.39. The van der Waals surface area contributed by atoms with E-state index in [1.807, 2.05) is 0 Å². The number of halogens is 1. The summed E-state index contributed by atoms with van der Waals surface area (Å²) in [4.78, 5) is 4.79. The van der Waals surface area contributed by atoms with Crippen molar-refractivity contribution in [3.05, 3.63) is 28.2 Å². The topological polar surface area (TPSA) is 32.5 Å². The summed E-state index contributed by atoms with van der Waals surface area (Å²) in [6, 6.07) is 7.03. The quantitative estimate of drug-likeness (QED) is 0.929. The number of hydrogen-bond acceptors (Lipinski definition) is 3. The second kappa shape index (κ2) is 5.59. The van der Waals surface area contributed by atoms with Crippen LogP contribution < -0.4 is 10.6 Å². The predicted octanol–water partition coefficient (Wildman–Crippen LogP) is 2.29. The highest BCUT2D eigenvalue weighted by Gasteiger charge is 2.31. The maximum absolute atomic E-state index is 5.86. The first-order valence-corrected chi connectivity index (χ1v) is 7.22. The predicted molar refractivity (Wildman–Crippen MR) is 80.9 cm³/mol.